The number of nitrogens with zero attached hydrogens (tertiary/aromatic N) is 3. The van der Waals surface area contributed by atoms with Crippen molar-refractivity contribution in [2.45, 2.75) is 46.8 Å². The lowest BCUT2D eigenvalue weighted by Gasteiger charge is -2.39. The minimum Gasteiger partial charge on any atom is -0.489 e. The summed E-state index contributed by atoms with van der Waals surface area (Å²) in [6.07, 6.45) is 1.60. The van der Waals surface area contributed by atoms with Crippen molar-refractivity contribution in [2.75, 3.05) is 26.2 Å². The van der Waals surface area contributed by atoms with Gasteiger partial charge < -0.3 is 19.3 Å². The van der Waals surface area contributed by atoms with E-state index < -0.39 is 10.5 Å². The Bertz CT molecular complexity index is 804. The van der Waals surface area contributed by atoms with Crippen LogP contribution in [-0.4, -0.2) is 52.7 Å². The van der Waals surface area contributed by atoms with Crippen molar-refractivity contribution in [3.8, 4) is 5.75 Å². The molecular weight excluding hydrogens is 442 g/mol. The molecule has 0 atom stereocenters. The van der Waals surface area contributed by atoms with Crippen LogP contribution >= 0.6 is 15.9 Å². The number of halogens is 1. The van der Waals surface area contributed by atoms with Gasteiger partial charge in [0.2, 0.25) is 0 Å². The highest BCUT2D eigenvalue weighted by Gasteiger charge is 2.30. The third kappa shape index (κ3) is 5.85. The van der Waals surface area contributed by atoms with E-state index in [2.05, 4.69) is 20.8 Å². The maximum atomic E-state index is 12.3. The molecule has 1 amide bonds. The van der Waals surface area contributed by atoms with Gasteiger partial charge in [-0.2, -0.15) is 0 Å². The highest BCUT2D eigenvalue weighted by atomic mass is 79.9. The third-order valence-corrected chi connectivity index (χ3v) is 4.93. The fraction of sp³-hybridized carbons (Fsp3) is 0.550. The Labute approximate surface area is 179 Å². The van der Waals surface area contributed by atoms with Crippen LogP contribution in [0.5, 0.6) is 5.75 Å². The van der Waals surface area contributed by atoms with E-state index in [1.165, 1.54) is 0 Å². The Kier molecular flexibility index (Phi) is 7.51. The van der Waals surface area contributed by atoms with E-state index in [9.17, 15) is 14.9 Å². The zero-order valence-corrected chi connectivity index (χ0v) is 19.1. The second-order valence-corrected chi connectivity index (χ2v) is 8.35. The van der Waals surface area contributed by atoms with Crippen molar-refractivity contribution in [3.63, 3.8) is 0 Å². The van der Waals surface area contributed by atoms with Gasteiger partial charge in [-0.1, -0.05) is 13.8 Å². The number of amides is 1. The average molecular weight is 470 g/mol. The maximum Gasteiger partial charge on any atom is 0.410 e. The smallest absolute Gasteiger partial charge is 0.410 e. The molecule has 0 unspecified atom stereocenters. The number of ether oxygens (including phenoxy) is 2. The van der Waals surface area contributed by atoms with E-state index in [1.54, 1.807) is 17.0 Å². The van der Waals surface area contributed by atoms with E-state index >= 15 is 0 Å². The molecule has 0 spiro atoms. The zero-order chi connectivity index (χ0) is 21.8. The highest BCUT2D eigenvalue weighted by molar-refractivity contribution is 9.10. The standard InChI is InChI=1S/C18H22BrN3O5.C2H6/c1-18(2,3)27-17(23)21-6-5-20-10-12-8-15(22(24)25)14(19)9-16(12)26-7-4-13(20)11-21;1-2/h4,8-9H,5-7,10-11H2,1-3H3;1-2H3/b13-4-;. The van der Waals surface area contributed by atoms with Gasteiger partial charge in [0.25, 0.3) is 5.69 Å². The van der Waals surface area contributed by atoms with Crippen molar-refractivity contribution < 1.29 is 19.2 Å². The first kappa shape index (κ1) is 23.0. The van der Waals surface area contributed by atoms with Gasteiger partial charge in [-0.3, -0.25) is 10.1 Å². The Balaban J connectivity index is 0.00000145. The van der Waals surface area contributed by atoms with Gasteiger partial charge in [0, 0.05) is 43.0 Å². The minimum absolute atomic E-state index is 0.0100. The van der Waals surface area contributed by atoms with E-state index in [0.717, 1.165) is 11.3 Å². The van der Waals surface area contributed by atoms with Gasteiger partial charge in [-0.15, -0.1) is 0 Å². The Morgan fingerprint density at radius 3 is 2.55 bits per heavy atom. The van der Waals surface area contributed by atoms with Crippen LogP contribution in [0.2, 0.25) is 0 Å². The van der Waals surface area contributed by atoms with Gasteiger partial charge in [0.1, 0.15) is 18.0 Å². The molecule has 0 saturated carbocycles. The molecule has 0 N–H and O–H groups in total. The fourth-order valence-electron chi connectivity index (χ4n) is 3.03. The normalized spacial score (nSPS) is 17.8. The molecule has 9 heteroatoms. The van der Waals surface area contributed by atoms with E-state index in [1.807, 2.05) is 40.7 Å². The number of hydrogen-bond acceptors (Lipinski definition) is 6. The fourth-order valence-corrected chi connectivity index (χ4v) is 3.50. The number of nitro benzene ring substituents is 1. The summed E-state index contributed by atoms with van der Waals surface area (Å²) in [6.45, 7) is 11.9. The van der Waals surface area contributed by atoms with Crippen LogP contribution in [0.25, 0.3) is 0 Å². The molecule has 3 rings (SSSR count). The Morgan fingerprint density at radius 1 is 1.24 bits per heavy atom. The predicted molar refractivity (Wildman–Crippen MR) is 114 cm³/mol. The number of carbonyl (C=O) groups is 1. The minimum atomic E-state index is -0.544. The van der Waals surface area contributed by atoms with Crippen LogP contribution in [0.15, 0.2) is 28.4 Å². The van der Waals surface area contributed by atoms with Crippen LogP contribution in [-0.2, 0) is 11.3 Å². The molecule has 8 nitrogen and oxygen atoms in total. The number of piperazine rings is 1. The molecule has 1 saturated heterocycles. The molecule has 1 fully saturated rings. The highest BCUT2D eigenvalue weighted by Crippen LogP contribution is 2.35. The average Bonchev–Trinajstić information content (AvgIpc) is 2.62. The van der Waals surface area contributed by atoms with Crippen LogP contribution in [0.3, 0.4) is 0 Å². The lowest BCUT2D eigenvalue weighted by Crippen LogP contribution is -2.48. The molecule has 1 aromatic rings. The Morgan fingerprint density at radius 2 is 1.93 bits per heavy atom. The topological polar surface area (TPSA) is 85.2 Å². The zero-order valence-electron chi connectivity index (χ0n) is 17.5. The number of rotatable bonds is 1. The summed E-state index contributed by atoms with van der Waals surface area (Å²) >= 11 is 3.23. The first-order chi connectivity index (χ1) is 13.6. The molecule has 0 radical (unpaired) electrons. The van der Waals surface area contributed by atoms with Crippen molar-refractivity contribution in [1.29, 1.82) is 0 Å². The molecule has 0 aliphatic carbocycles. The summed E-state index contributed by atoms with van der Waals surface area (Å²) in [7, 11) is 0. The molecule has 2 aliphatic heterocycles. The second-order valence-electron chi connectivity index (χ2n) is 7.50. The van der Waals surface area contributed by atoms with Crippen molar-refractivity contribution in [3.05, 3.63) is 44.1 Å². The Hall–Kier alpha value is -2.29. The van der Waals surface area contributed by atoms with E-state index in [-0.39, 0.29) is 11.8 Å². The quantitative estimate of drug-likeness (QED) is 0.437. The third-order valence-electron chi connectivity index (χ3n) is 4.30. The predicted octanol–water partition coefficient (Wildman–Crippen LogP) is 4.71. The summed E-state index contributed by atoms with van der Waals surface area (Å²) in [5.41, 5.74) is 1.16. The van der Waals surface area contributed by atoms with Gasteiger partial charge >= 0.3 is 6.09 Å². The number of benzene rings is 1. The van der Waals surface area contributed by atoms with Crippen molar-refractivity contribution in [1.82, 2.24) is 9.80 Å². The van der Waals surface area contributed by atoms with Gasteiger partial charge in [-0.25, -0.2) is 4.79 Å². The molecular formula is C20H28BrN3O5. The van der Waals surface area contributed by atoms with Gasteiger partial charge in [0.05, 0.1) is 15.9 Å². The first-order valence-corrected chi connectivity index (χ1v) is 10.4. The second kappa shape index (κ2) is 9.47. The molecule has 1 aromatic carbocycles. The van der Waals surface area contributed by atoms with Crippen molar-refractivity contribution >= 4 is 27.7 Å². The largest absolute Gasteiger partial charge is 0.489 e. The number of nitro groups is 1. The summed E-state index contributed by atoms with van der Waals surface area (Å²) in [4.78, 5) is 26.9. The summed E-state index contributed by atoms with van der Waals surface area (Å²) in [6, 6.07) is 3.19. The molecule has 2 aliphatic rings. The SMILES string of the molecule is CC.CC(C)(C)OC(=O)N1CCN2Cc3cc([N+](=O)[O-])c(Br)cc3OC/C=C\2C1. The van der Waals surface area contributed by atoms with Gasteiger partial charge in [-0.05, 0) is 42.8 Å². The molecule has 0 aromatic heterocycles. The molecule has 2 heterocycles. The lowest BCUT2D eigenvalue weighted by atomic mass is 10.1. The molecule has 0 bridgehead atoms. The number of hydrogen-bond donors (Lipinski definition) is 0. The van der Waals surface area contributed by atoms with Gasteiger partial charge in [0.15, 0.2) is 0 Å². The van der Waals surface area contributed by atoms with Crippen LogP contribution in [0.1, 0.15) is 40.2 Å². The number of fused-ring (bicyclic) bond motifs is 2. The summed E-state index contributed by atoms with van der Waals surface area (Å²) < 4.78 is 11.6. The van der Waals surface area contributed by atoms with E-state index in [0.29, 0.717) is 43.0 Å². The first-order valence-electron chi connectivity index (χ1n) is 9.65. The molecule has 29 heavy (non-hydrogen) atoms. The van der Waals surface area contributed by atoms with Crippen LogP contribution in [0, 0.1) is 10.1 Å². The lowest BCUT2D eigenvalue weighted by molar-refractivity contribution is -0.385. The monoisotopic (exact) mass is 469 g/mol. The van der Waals surface area contributed by atoms with E-state index in [4.69, 9.17) is 9.47 Å². The maximum absolute atomic E-state index is 12.3. The summed E-state index contributed by atoms with van der Waals surface area (Å²) in [5.74, 6) is 0.623. The molecule has 160 valence electrons. The van der Waals surface area contributed by atoms with Crippen LogP contribution in [0.4, 0.5) is 10.5 Å². The summed E-state index contributed by atoms with van der Waals surface area (Å²) in [5, 5.41) is 11.2. The van der Waals surface area contributed by atoms with Crippen LogP contribution < -0.4 is 4.74 Å². The number of carbonyl (C=O) groups excluding carboxylic acids is 1. The van der Waals surface area contributed by atoms with Crippen molar-refractivity contribution in [2.24, 2.45) is 0 Å².